The normalized spacial score (nSPS) is 20.1. The van der Waals surface area contributed by atoms with Gasteiger partial charge in [0, 0.05) is 63.4 Å². The van der Waals surface area contributed by atoms with Crippen LogP contribution >= 0.6 is 11.3 Å². The van der Waals surface area contributed by atoms with Gasteiger partial charge in [-0.15, -0.1) is 0 Å². The summed E-state index contributed by atoms with van der Waals surface area (Å²) in [7, 11) is 1.68. The maximum atomic E-state index is 14.0. The van der Waals surface area contributed by atoms with Crippen LogP contribution in [0.5, 0.6) is 5.88 Å². The van der Waals surface area contributed by atoms with Crippen molar-refractivity contribution in [2.75, 3.05) is 65.4 Å². The summed E-state index contributed by atoms with van der Waals surface area (Å²) in [5, 5.41) is 0.649. The van der Waals surface area contributed by atoms with E-state index in [2.05, 4.69) is 9.97 Å². The van der Waals surface area contributed by atoms with Gasteiger partial charge in [0.05, 0.1) is 18.4 Å². The SMILES string of the molecule is COc1ccc2nc(CC(=O)N3CC4(CCN(C(C)=O)C4)c4cc(S(=O)(=O)N(CCN(C)C)CC5CC5)ccc43)sc2n1. The van der Waals surface area contributed by atoms with Crippen molar-refractivity contribution in [3.63, 3.8) is 0 Å². The number of rotatable bonds is 10. The van der Waals surface area contributed by atoms with Gasteiger partial charge in [0.15, 0.2) is 0 Å². The molecule has 4 heterocycles. The number of methoxy groups -OCH3 is 1. The third-order valence-corrected chi connectivity index (χ3v) is 11.6. The molecule has 2 aromatic heterocycles. The van der Waals surface area contributed by atoms with Crippen molar-refractivity contribution in [1.29, 1.82) is 0 Å². The molecular formula is C30H38N6O5S2. The highest BCUT2D eigenvalue weighted by Crippen LogP contribution is 2.48. The molecule has 2 aliphatic heterocycles. The molecule has 3 aromatic rings. The predicted octanol–water partition coefficient (Wildman–Crippen LogP) is 2.74. The highest BCUT2D eigenvalue weighted by atomic mass is 32.2. The summed E-state index contributed by atoms with van der Waals surface area (Å²) in [4.78, 5) is 41.7. The van der Waals surface area contributed by atoms with Crippen LogP contribution in [-0.4, -0.2) is 105 Å². The van der Waals surface area contributed by atoms with Gasteiger partial charge in [-0.1, -0.05) is 11.3 Å². The second-order valence-corrected chi connectivity index (χ2v) is 15.2. The van der Waals surface area contributed by atoms with Crippen molar-refractivity contribution in [2.24, 2.45) is 5.92 Å². The number of hydrogen-bond acceptors (Lipinski definition) is 9. The first-order valence-corrected chi connectivity index (χ1v) is 16.9. The lowest BCUT2D eigenvalue weighted by Crippen LogP contribution is -2.40. The van der Waals surface area contributed by atoms with Crippen molar-refractivity contribution < 1.29 is 22.7 Å². The van der Waals surface area contributed by atoms with Crippen LogP contribution in [0.3, 0.4) is 0 Å². The summed E-state index contributed by atoms with van der Waals surface area (Å²) in [6.45, 7) is 4.51. The number of aromatic nitrogens is 2. The van der Waals surface area contributed by atoms with Crippen molar-refractivity contribution >= 4 is 49.2 Å². The molecule has 1 spiro atoms. The van der Waals surface area contributed by atoms with Gasteiger partial charge in [-0.2, -0.15) is 4.31 Å². The molecule has 1 saturated heterocycles. The van der Waals surface area contributed by atoms with Gasteiger partial charge in [-0.05, 0) is 69.1 Å². The Kier molecular flexibility index (Phi) is 7.95. The van der Waals surface area contributed by atoms with Gasteiger partial charge in [0.2, 0.25) is 27.7 Å². The lowest BCUT2D eigenvalue weighted by molar-refractivity contribution is -0.127. The van der Waals surface area contributed by atoms with E-state index in [1.54, 1.807) is 52.4 Å². The zero-order valence-electron chi connectivity index (χ0n) is 25.1. The Balaban J connectivity index is 1.33. The van der Waals surface area contributed by atoms with Crippen LogP contribution in [-0.2, 0) is 31.4 Å². The first kappa shape index (κ1) is 29.9. The molecule has 3 aliphatic rings. The number of likely N-dealkylation sites (N-methyl/N-ethyl adjacent to an activating group) is 1. The maximum absolute atomic E-state index is 14.0. The number of benzene rings is 1. The third kappa shape index (κ3) is 5.87. The van der Waals surface area contributed by atoms with E-state index in [9.17, 15) is 18.0 Å². The zero-order chi connectivity index (χ0) is 30.5. The Hall–Kier alpha value is -3.13. The van der Waals surface area contributed by atoms with E-state index in [0.29, 0.717) is 78.5 Å². The fraction of sp³-hybridized carbons (Fsp3) is 0.533. The fourth-order valence-corrected chi connectivity index (χ4v) is 8.59. The minimum absolute atomic E-state index is 0.0244. The summed E-state index contributed by atoms with van der Waals surface area (Å²) in [5.74, 6) is 0.749. The summed E-state index contributed by atoms with van der Waals surface area (Å²) in [5.41, 5.74) is 1.70. The molecule has 1 saturated carbocycles. The molecule has 13 heteroatoms. The number of pyridine rings is 1. The quantitative estimate of drug-likeness (QED) is 0.338. The van der Waals surface area contributed by atoms with E-state index in [1.165, 1.54) is 11.3 Å². The molecule has 1 aromatic carbocycles. The van der Waals surface area contributed by atoms with E-state index < -0.39 is 15.4 Å². The predicted molar refractivity (Wildman–Crippen MR) is 165 cm³/mol. The Morgan fingerprint density at radius 3 is 2.58 bits per heavy atom. The topological polar surface area (TPSA) is 116 Å². The molecule has 2 fully saturated rings. The Bertz CT molecular complexity index is 1670. The molecule has 0 bridgehead atoms. The van der Waals surface area contributed by atoms with Crippen molar-refractivity contribution in [3.05, 3.63) is 40.9 Å². The van der Waals surface area contributed by atoms with Crippen molar-refractivity contribution in [1.82, 2.24) is 24.1 Å². The lowest BCUT2D eigenvalue weighted by atomic mass is 9.81. The number of ether oxygens (including phenoxy) is 1. The van der Waals surface area contributed by atoms with Crippen molar-refractivity contribution in [2.45, 2.75) is 42.9 Å². The Labute approximate surface area is 256 Å². The molecule has 1 atom stereocenters. The van der Waals surface area contributed by atoms with Crippen LogP contribution in [0, 0.1) is 5.92 Å². The lowest BCUT2D eigenvalue weighted by Gasteiger charge is -2.26. The summed E-state index contributed by atoms with van der Waals surface area (Å²) < 4.78 is 34.9. The molecule has 43 heavy (non-hydrogen) atoms. The van der Waals surface area contributed by atoms with Crippen LogP contribution in [0.2, 0.25) is 0 Å². The number of fused-ring (bicyclic) bond motifs is 3. The molecular weight excluding hydrogens is 589 g/mol. The van der Waals surface area contributed by atoms with E-state index in [4.69, 9.17) is 4.74 Å². The van der Waals surface area contributed by atoms with Crippen LogP contribution in [0.15, 0.2) is 35.2 Å². The van der Waals surface area contributed by atoms with Gasteiger partial charge in [0.25, 0.3) is 0 Å². The molecule has 0 N–H and O–H groups in total. The van der Waals surface area contributed by atoms with E-state index >= 15 is 0 Å². The first-order valence-electron chi connectivity index (χ1n) is 14.6. The Morgan fingerprint density at radius 2 is 1.91 bits per heavy atom. The molecule has 230 valence electrons. The number of amides is 2. The van der Waals surface area contributed by atoms with Gasteiger partial charge in [-0.3, -0.25) is 9.59 Å². The number of carbonyl (C=O) groups is 2. The molecule has 6 rings (SSSR count). The first-order chi connectivity index (χ1) is 20.5. The van der Waals surface area contributed by atoms with Crippen LogP contribution in [0.4, 0.5) is 5.69 Å². The second-order valence-electron chi connectivity index (χ2n) is 12.2. The van der Waals surface area contributed by atoms with Gasteiger partial charge in [0.1, 0.15) is 15.4 Å². The summed E-state index contributed by atoms with van der Waals surface area (Å²) >= 11 is 1.36. The molecule has 1 aliphatic carbocycles. The van der Waals surface area contributed by atoms with Crippen molar-refractivity contribution in [3.8, 4) is 5.88 Å². The van der Waals surface area contributed by atoms with Crippen LogP contribution in [0.25, 0.3) is 10.3 Å². The maximum Gasteiger partial charge on any atom is 0.243 e. The smallest absolute Gasteiger partial charge is 0.243 e. The van der Waals surface area contributed by atoms with E-state index in [1.807, 2.05) is 25.1 Å². The second kappa shape index (κ2) is 11.4. The summed E-state index contributed by atoms with van der Waals surface area (Å²) in [6, 6.07) is 8.75. The monoisotopic (exact) mass is 626 g/mol. The highest BCUT2D eigenvalue weighted by molar-refractivity contribution is 7.89. The average molecular weight is 627 g/mol. The molecule has 0 radical (unpaired) electrons. The van der Waals surface area contributed by atoms with Gasteiger partial charge >= 0.3 is 0 Å². The largest absolute Gasteiger partial charge is 0.481 e. The van der Waals surface area contributed by atoms with E-state index in [0.717, 1.165) is 18.4 Å². The fourth-order valence-electron chi connectivity index (χ4n) is 6.14. The average Bonchev–Trinajstić information content (AvgIpc) is 3.41. The minimum atomic E-state index is -3.76. The number of anilines is 1. The zero-order valence-corrected chi connectivity index (χ0v) is 26.7. The summed E-state index contributed by atoms with van der Waals surface area (Å²) in [6.07, 6.45) is 2.86. The minimum Gasteiger partial charge on any atom is -0.481 e. The number of thiazole rings is 1. The molecule has 11 nitrogen and oxygen atoms in total. The van der Waals surface area contributed by atoms with E-state index in [-0.39, 0.29) is 23.1 Å². The molecule has 2 amide bonds. The Morgan fingerprint density at radius 1 is 1.12 bits per heavy atom. The number of carbonyl (C=O) groups excluding carboxylic acids is 2. The highest BCUT2D eigenvalue weighted by Gasteiger charge is 2.50. The number of hydrogen-bond donors (Lipinski definition) is 0. The molecule has 1 unspecified atom stereocenters. The number of likely N-dealkylation sites (tertiary alicyclic amines) is 1. The van der Waals surface area contributed by atoms with Gasteiger partial charge in [-0.25, -0.2) is 18.4 Å². The van der Waals surface area contributed by atoms with Crippen LogP contribution < -0.4 is 9.64 Å². The van der Waals surface area contributed by atoms with Gasteiger partial charge < -0.3 is 19.4 Å². The third-order valence-electron chi connectivity index (χ3n) is 8.77. The standard InChI is InChI=1S/C30H38N6O5S2/c1-20(37)34-12-11-30(18-34)19-36(28(38)16-27-31-24-8-10-26(41-4)32-29(24)42-27)25-9-7-22(15-23(25)30)43(39,40)35(14-13-33(2)3)17-21-5-6-21/h7-10,15,21H,5-6,11-14,16-19H2,1-4H3. The number of nitrogens with zero attached hydrogens (tertiary/aromatic N) is 6. The number of sulfonamides is 1. The van der Waals surface area contributed by atoms with Crippen LogP contribution in [0.1, 0.15) is 36.8 Å².